The molecular formula is C18H22ClN5O5S. The first kappa shape index (κ1) is 22.1. The summed E-state index contributed by atoms with van der Waals surface area (Å²) in [7, 11) is -2.01. The fourth-order valence-electron chi connectivity index (χ4n) is 3.12. The number of amides is 2. The van der Waals surface area contributed by atoms with Crippen LogP contribution in [0, 0.1) is 12.8 Å². The molecule has 1 aliphatic rings. The van der Waals surface area contributed by atoms with Gasteiger partial charge < -0.3 is 9.67 Å². The molecule has 1 aromatic carbocycles. The minimum absolute atomic E-state index is 0.0148. The molecule has 162 valence electrons. The van der Waals surface area contributed by atoms with Gasteiger partial charge in [-0.25, -0.2) is 13.4 Å². The molecule has 0 aliphatic carbocycles. The van der Waals surface area contributed by atoms with Crippen LogP contribution in [0.25, 0.3) is 0 Å². The van der Waals surface area contributed by atoms with Crippen LogP contribution in [0.2, 0.25) is 5.02 Å². The van der Waals surface area contributed by atoms with Crippen molar-refractivity contribution in [3.63, 3.8) is 0 Å². The predicted octanol–water partition coefficient (Wildman–Crippen LogP) is 0.949. The van der Waals surface area contributed by atoms with Crippen LogP contribution in [0.4, 0.5) is 0 Å². The summed E-state index contributed by atoms with van der Waals surface area (Å²) in [6.07, 6.45) is 2.06. The standard InChI is InChI=1S/C18H22ClN5O5S/c1-11-20-16(10-23(11)2)30(28,29)24-7-5-12(6-8-24)17(26)21-22-18(27)14-9-13(19)3-4-15(14)25/h3-4,9-10,12,25H,5-8H2,1-2H3,(H,21,26)(H,22,27). The lowest BCUT2D eigenvalue weighted by Crippen LogP contribution is -2.48. The number of aromatic nitrogens is 2. The highest BCUT2D eigenvalue weighted by atomic mass is 35.5. The molecule has 10 nitrogen and oxygen atoms in total. The van der Waals surface area contributed by atoms with Crippen molar-refractivity contribution in [3.05, 3.63) is 40.8 Å². The van der Waals surface area contributed by atoms with Crippen LogP contribution in [0.15, 0.2) is 29.4 Å². The van der Waals surface area contributed by atoms with Crippen molar-refractivity contribution < 1.29 is 23.1 Å². The Hall–Kier alpha value is -2.63. The van der Waals surface area contributed by atoms with Gasteiger partial charge in [0.2, 0.25) is 5.91 Å². The first-order chi connectivity index (χ1) is 14.1. The summed E-state index contributed by atoms with van der Waals surface area (Å²) in [6.45, 7) is 2.05. The van der Waals surface area contributed by atoms with Crippen LogP contribution in [0.1, 0.15) is 29.0 Å². The maximum absolute atomic E-state index is 12.7. The van der Waals surface area contributed by atoms with Crippen molar-refractivity contribution in [1.82, 2.24) is 24.7 Å². The van der Waals surface area contributed by atoms with Gasteiger partial charge in [-0.15, -0.1) is 0 Å². The molecule has 1 saturated heterocycles. The van der Waals surface area contributed by atoms with Crippen molar-refractivity contribution >= 4 is 33.4 Å². The summed E-state index contributed by atoms with van der Waals surface area (Å²) in [5.74, 6) is -1.29. The van der Waals surface area contributed by atoms with Gasteiger partial charge in [-0.05, 0) is 38.0 Å². The van der Waals surface area contributed by atoms with Gasteiger partial charge in [0.15, 0.2) is 5.03 Å². The number of imidazole rings is 1. The molecule has 30 heavy (non-hydrogen) atoms. The highest BCUT2D eigenvalue weighted by Crippen LogP contribution is 2.24. The van der Waals surface area contributed by atoms with Crippen LogP contribution in [-0.2, 0) is 21.9 Å². The van der Waals surface area contributed by atoms with Gasteiger partial charge in [-0.1, -0.05) is 11.6 Å². The molecule has 2 heterocycles. The smallest absolute Gasteiger partial charge is 0.273 e. The first-order valence-electron chi connectivity index (χ1n) is 9.18. The molecule has 0 saturated carbocycles. The third kappa shape index (κ3) is 4.58. The summed E-state index contributed by atoms with van der Waals surface area (Å²) in [4.78, 5) is 28.6. The quantitative estimate of drug-likeness (QED) is 0.588. The largest absolute Gasteiger partial charge is 0.507 e. The van der Waals surface area contributed by atoms with E-state index >= 15 is 0 Å². The Bertz CT molecular complexity index is 1060. The predicted molar refractivity (Wildman–Crippen MR) is 108 cm³/mol. The summed E-state index contributed by atoms with van der Waals surface area (Å²) in [5, 5.41) is 9.99. The summed E-state index contributed by atoms with van der Waals surface area (Å²) < 4.78 is 28.4. The summed E-state index contributed by atoms with van der Waals surface area (Å²) >= 11 is 5.81. The van der Waals surface area contributed by atoms with Gasteiger partial charge in [0.05, 0.1) is 5.56 Å². The second kappa shape index (κ2) is 8.62. The highest BCUT2D eigenvalue weighted by molar-refractivity contribution is 7.89. The van der Waals surface area contributed by atoms with Crippen molar-refractivity contribution in [2.75, 3.05) is 13.1 Å². The Kier molecular flexibility index (Phi) is 6.34. The van der Waals surface area contributed by atoms with E-state index in [9.17, 15) is 23.1 Å². The molecule has 12 heteroatoms. The van der Waals surface area contributed by atoms with Crippen LogP contribution in [-0.4, -0.2) is 52.3 Å². The second-order valence-electron chi connectivity index (χ2n) is 7.02. The zero-order valence-corrected chi connectivity index (χ0v) is 18.0. The van der Waals surface area contributed by atoms with Crippen LogP contribution < -0.4 is 10.9 Å². The molecule has 2 aromatic rings. The number of hydrogen-bond acceptors (Lipinski definition) is 6. The maximum Gasteiger partial charge on any atom is 0.273 e. The lowest BCUT2D eigenvalue weighted by molar-refractivity contribution is -0.126. The molecule has 1 aliphatic heterocycles. The van der Waals surface area contributed by atoms with E-state index < -0.39 is 27.8 Å². The zero-order valence-electron chi connectivity index (χ0n) is 16.4. The molecule has 0 bridgehead atoms. The molecule has 3 rings (SSSR count). The number of halogens is 1. The molecule has 0 radical (unpaired) electrons. The SMILES string of the molecule is Cc1nc(S(=O)(=O)N2CCC(C(=O)NNC(=O)c3cc(Cl)ccc3O)CC2)cn1C. The van der Waals surface area contributed by atoms with E-state index in [-0.39, 0.29) is 34.5 Å². The fraction of sp³-hybridized carbons (Fsp3) is 0.389. The maximum atomic E-state index is 12.7. The van der Waals surface area contributed by atoms with E-state index in [1.54, 1.807) is 18.5 Å². The third-order valence-electron chi connectivity index (χ3n) is 5.02. The van der Waals surface area contributed by atoms with Gasteiger partial charge >= 0.3 is 0 Å². The number of nitrogens with one attached hydrogen (secondary N) is 2. The van der Waals surface area contributed by atoms with Crippen molar-refractivity contribution in [1.29, 1.82) is 0 Å². The van der Waals surface area contributed by atoms with Crippen molar-refractivity contribution in [2.45, 2.75) is 24.8 Å². The average Bonchev–Trinajstić information content (AvgIpc) is 3.07. The number of sulfonamides is 1. The molecule has 0 atom stereocenters. The lowest BCUT2D eigenvalue weighted by atomic mass is 9.98. The molecule has 1 aromatic heterocycles. The van der Waals surface area contributed by atoms with Crippen LogP contribution in [0.5, 0.6) is 5.75 Å². The monoisotopic (exact) mass is 455 g/mol. The van der Waals surface area contributed by atoms with E-state index in [1.165, 1.54) is 28.7 Å². The number of aryl methyl sites for hydroxylation is 2. The van der Waals surface area contributed by atoms with E-state index in [0.29, 0.717) is 18.7 Å². The number of hydrazine groups is 1. The number of hydrogen-bond donors (Lipinski definition) is 3. The molecule has 0 unspecified atom stereocenters. The number of rotatable bonds is 4. The normalized spacial score (nSPS) is 15.7. The molecular weight excluding hydrogens is 434 g/mol. The van der Waals surface area contributed by atoms with Gasteiger partial charge in [0.25, 0.3) is 15.9 Å². The van der Waals surface area contributed by atoms with Gasteiger partial charge in [0, 0.05) is 37.3 Å². The molecule has 2 amide bonds. The Labute approximate surface area is 178 Å². The second-order valence-corrected chi connectivity index (χ2v) is 9.34. The minimum Gasteiger partial charge on any atom is -0.507 e. The van der Waals surface area contributed by atoms with Gasteiger partial charge in [0.1, 0.15) is 11.6 Å². The number of phenols is 1. The molecule has 3 N–H and O–H groups in total. The van der Waals surface area contributed by atoms with E-state index in [4.69, 9.17) is 11.6 Å². The van der Waals surface area contributed by atoms with E-state index in [0.717, 1.165) is 0 Å². The van der Waals surface area contributed by atoms with Gasteiger partial charge in [-0.3, -0.25) is 20.4 Å². The number of phenolic OH excluding ortho intramolecular Hbond substituents is 1. The number of piperidine rings is 1. The van der Waals surface area contributed by atoms with E-state index in [2.05, 4.69) is 15.8 Å². The molecule has 0 spiro atoms. The number of carbonyl (C=O) groups is 2. The summed E-state index contributed by atoms with van der Waals surface area (Å²) in [5.41, 5.74) is 4.48. The minimum atomic E-state index is -3.72. The van der Waals surface area contributed by atoms with Crippen LogP contribution in [0.3, 0.4) is 0 Å². The van der Waals surface area contributed by atoms with E-state index in [1.807, 2.05) is 0 Å². The average molecular weight is 456 g/mol. The third-order valence-corrected chi connectivity index (χ3v) is 7.02. The Morgan fingerprint density at radius 2 is 1.90 bits per heavy atom. The Morgan fingerprint density at radius 1 is 1.23 bits per heavy atom. The highest BCUT2D eigenvalue weighted by Gasteiger charge is 2.33. The Morgan fingerprint density at radius 3 is 2.50 bits per heavy atom. The number of benzene rings is 1. The first-order valence-corrected chi connectivity index (χ1v) is 11.0. The number of aromatic hydroxyl groups is 1. The zero-order chi connectivity index (χ0) is 22.1. The fourth-order valence-corrected chi connectivity index (χ4v) is 4.79. The summed E-state index contributed by atoms with van der Waals surface area (Å²) in [6, 6.07) is 3.99. The van der Waals surface area contributed by atoms with Crippen LogP contribution >= 0.6 is 11.6 Å². The topological polar surface area (TPSA) is 134 Å². The Balaban J connectivity index is 1.55. The lowest BCUT2D eigenvalue weighted by Gasteiger charge is -2.29. The number of carbonyl (C=O) groups excluding carboxylic acids is 2. The van der Waals surface area contributed by atoms with Gasteiger partial charge in [-0.2, -0.15) is 4.31 Å². The number of nitrogens with zero attached hydrogens (tertiary/aromatic N) is 3. The molecule has 1 fully saturated rings. The van der Waals surface area contributed by atoms with Crippen molar-refractivity contribution in [2.24, 2.45) is 13.0 Å². The van der Waals surface area contributed by atoms with Crippen molar-refractivity contribution in [3.8, 4) is 5.75 Å².